The molecule has 5 nitrogen and oxygen atoms in total. The topological polar surface area (TPSA) is 55.8 Å². The van der Waals surface area contributed by atoms with Crippen LogP contribution in [0.15, 0.2) is 59.9 Å². The number of hydrogen-bond acceptors (Lipinski definition) is 4. The second-order valence-electron chi connectivity index (χ2n) is 9.74. The number of benzene rings is 2. The van der Waals surface area contributed by atoms with Crippen LogP contribution in [0.2, 0.25) is 0 Å². The van der Waals surface area contributed by atoms with Crippen LogP contribution in [0.5, 0.6) is 5.75 Å². The predicted molar refractivity (Wildman–Crippen MR) is 131 cm³/mol. The Balaban J connectivity index is 1.48. The summed E-state index contributed by atoms with van der Waals surface area (Å²) in [5, 5.41) is -0.0583. The van der Waals surface area contributed by atoms with Gasteiger partial charge in [-0.3, -0.25) is 9.59 Å². The Morgan fingerprint density at radius 3 is 2.44 bits per heavy atom. The van der Waals surface area contributed by atoms with E-state index < -0.39 is 6.04 Å². The number of fused-ring (bicyclic) bond motifs is 1. The molecule has 6 heteroatoms. The van der Waals surface area contributed by atoms with E-state index in [-0.39, 0.29) is 40.8 Å². The number of carbonyl (C=O) groups is 2. The second kappa shape index (κ2) is 9.10. The number of Topliss-reactive ketones (excluding diaryl/α,β-unsaturated/α-hetero) is 1. The monoisotopic (exact) mass is 479 g/mol. The van der Waals surface area contributed by atoms with Crippen molar-refractivity contribution in [2.45, 2.75) is 50.6 Å². The Morgan fingerprint density at radius 1 is 1.06 bits per heavy atom. The van der Waals surface area contributed by atoms with Crippen LogP contribution >= 0.6 is 11.6 Å². The Labute approximate surface area is 205 Å². The van der Waals surface area contributed by atoms with Crippen molar-refractivity contribution < 1.29 is 19.1 Å². The summed E-state index contributed by atoms with van der Waals surface area (Å²) in [6.07, 6.45) is 1.67. The lowest BCUT2D eigenvalue weighted by atomic mass is 9.74. The number of ketones is 1. The molecule has 0 aromatic heterocycles. The average molecular weight is 480 g/mol. The number of ether oxygens (including phenoxy) is 2. The molecule has 3 aliphatic rings. The zero-order chi connectivity index (χ0) is 24.0. The number of methoxy groups -OCH3 is 1. The van der Waals surface area contributed by atoms with E-state index >= 15 is 0 Å². The molecule has 34 heavy (non-hydrogen) atoms. The molecule has 5 unspecified atom stereocenters. The van der Waals surface area contributed by atoms with Gasteiger partial charge in [-0.05, 0) is 55.4 Å². The van der Waals surface area contributed by atoms with Crippen LogP contribution < -0.4 is 4.74 Å². The minimum absolute atomic E-state index is 0.0228. The summed E-state index contributed by atoms with van der Waals surface area (Å²) in [6.45, 7) is 4.59. The zero-order valence-electron chi connectivity index (χ0n) is 19.8. The molecule has 178 valence electrons. The SMILES string of the molecule is COc1ccc(CCN2C(=O)C3=C(C(=O)C4CC(Cl)C(C)CC4O3)C2c2ccc(C)cc2)cc1. The number of amides is 1. The molecule has 5 rings (SSSR count). The first kappa shape index (κ1) is 23.0. The molecule has 1 aliphatic carbocycles. The number of carbonyl (C=O) groups excluding carboxylic acids is 2. The highest BCUT2D eigenvalue weighted by Gasteiger charge is 2.53. The quantitative estimate of drug-likeness (QED) is 0.566. The summed E-state index contributed by atoms with van der Waals surface area (Å²) in [4.78, 5) is 29.2. The maximum atomic E-state index is 13.8. The van der Waals surface area contributed by atoms with Gasteiger partial charge in [0.05, 0.1) is 24.6 Å². The van der Waals surface area contributed by atoms with E-state index in [1.54, 1.807) is 12.0 Å². The number of halogens is 1. The summed E-state index contributed by atoms with van der Waals surface area (Å²) in [5.74, 6) is 0.820. The largest absolute Gasteiger partial charge is 0.497 e. The van der Waals surface area contributed by atoms with Gasteiger partial charge in [0.2, 0.25) is 0 Å². The number of rotatable bonds is 5. The van der Waals surface area contributed by atoms with Gasteiger partial charge in [-0.15, -0.1) is 11.6 Å². The lowest BCUT2D eigenvalue weighted by molar-refractivity contribution is -0.136. The Hall–Kier alpha value is -2.79. The van der Waals surface area contributed by atoms with Crippen LogP contribution in [-0.2, 0) is 20.7 Å². The maximum Gasteiger partial charge on any atom is 0.290 e. The summed E-state index contributed by atoms with van der Waals surface area (Å²) >= 11 is 6.55. The molecule has 5 atom stereocenters. The fraction of sp³-hybridized carbons (Fsp3) is 0.429. The molecule has 1 saturated carbocycles. The molecule has 2 aliphatic heterocycles. The van der Waals surface area contributed by atoms with E-state index in [9.17, 15) is 9.59 Å². The Bertz CT molecular complexity index is 1120. The van der Waals surface area contributed by atoms with E-state index in [0.29, 0.717) is 31.4 Å². The fourth-order valence-electron chi connectivity index (χ4n) is 5.43. The van der Waals surface area contributed by atoms with E-state index in [1.807, 2.05) is 55.5 Å². The molecule has 2 heterocycles. The van der Waals surface area contributed by atoms with E-state index in [4.69, 9.17) is 21.1 Å². The average Bonchev–Trinajstić information content (AvgIpc) is 3.11. The van der Waals surface area contributed by atoms with Crippen molar-refractivity contribution in [3.8, 4) is 5.75 Å². The standard InChI is InChI=1S/C28H30ClNO4/c1-16-4-8-19(9-5-16)25-24-26(31)21-15-22(29)17(2)14-23(21)34-27(24)28(32)30(25)13-12-18-6-10-20(33-3)11-7-18/h4-11,17,21-23,25H,12-15H2,1-3H3. The molecule has 0 N–H and O–H groups in total. The van der Waals surface area contributed by atoms with Crippen LogP contribution in [0.3, 0.4) is 0 Å². The molecular formula is C28H30ClNO4. The minimum atomic E-state index is -0.442. The molecule has 1 amide bonds. The Kier molecular flexibility index (Phi) is 6.15. The summed E-state index contributed by atoms with van der Waals surface area (Å²) in [5.41, 5.74) is 3.66. The highest BCUT2D eigenvalue weighted by molar-refractivity contribution is 6.21. The number of hydrogen-bond donors (Lipinski definition) is 0. The van der Waals surface area contributed by atoms with Crippen LogP contribution in [0.4, 0.5) is 0 Å². The lowest BCUT2D eigenvalue weighted by Gasteiger charge is -2.40. The second-order valence-corrected chi connectivity index (χ2v) is 10.3. The summed E-state index contributed by atoms with van der Waals surface area (Å²) in [7, 11) is 1.64. The van der Waals surface area contributed by atoms with E-state index in [1.165, 1.54) is 0 Å². The third-order valence-electron chi connectivity index (χ3n) is 7.50. The van der Waals surface area contributed by atoms with Gasteiger partial charge in [0, 0.05) is 11.9 Å². The first-order chi connectivity index (χ1) is 16.4. The van der Waals surface area contributed by atoms with Crippen molar-refractivity contribution >= 4 is 23.3 Å². The summed E-state index contributed by atoms with van der Waals surface area (Å²) in [6, 6.07) is 15.5. The van der Waals surface area contributed by atoms with Crippen molar-refractivity contribution in [2.24, 2.45) is 11.8 Å². The molecule has 0 saturated heterocycles. The van der Waals surface area contributed by atoms with Crippen LogP contribution in [0.25, 0.3) is 0 Å². The molecule has 0 radical (unpaired) electrons. The van der Waals surface area contributed by atoms with Crippen molar-refractivity contribution in [1.82, 2.24) is 4.90 Å². The molecule has 0 spiro atoms. The molecule has 2 aromatic rings. The van der Waals surface area contributed by atoms with Crippen molar-refractivity contribution in [3.63, 3.8) is 0 Å². The minimum Gasteiger partial charge on any atom is -0.497 e. The van der Waals surface area contributed by atoms with Crippen LogP contribution in [0.1, 0.15) is 42.5 Å². The van der Waals surface area contributed by atoms with Crippen LogP contribution in [-0.4, -0.2) is 41.7 Å². The van der Waals surface area contributed by atoms with Gasteiger partial charge in [0.1, 0.15) is 11.9 Å². The van der Waals surface area contributed by atoms with Crippen molar-refractivity contribution in [2.75, 3.05) is 13.7 Å². The fourth-order valence-corrected chi connectivity index (χ4v) is 5.73. The number of alkyl halides is 1. The highest BCUT2D eigenvalue weighted by Crippen LogP contribution is 2.48. The first-order valence-electron chi connectivity index (χ1n) is 12.0. The molecule has 2 aromatic carbocycles. The van der Waals surface area contributed by atoms with E-state index in [0.717, 1.165) is 22.4 Å². The lowest BCUT2D eigenvalue weighted by Crippen LogP contribution is -2.44. The van der Waals surface area contributed by atoms with E-state index in [2.05, 4.69) is 6.92 Å². The zero-order valence-corrected chi connectivity index (χ0v) is 20.5. The number of aryl methyl sites for hydroxylation is 1. The molecule has 0 bridgehead atoms. The molecule has 1 fully saturated rings. The third kappa shape index (κ3) is 4.00. The van der Waals surface area contributed by atoms with Gasteiger partial charge in [0.15, 0.2) is 11.5 Å². The van der Waals surface area contributed by atoms with Gasteiger partial charge in [-0.25, -0.2) is 0 Å². The smallest absolute Gasteiger partial charge is 0.290 e. The highest BCUT2D eigenvalue weighted by atomic mass is 35.5. The van der Waals surface area contributed by atoms with Crippen molar-refractivity contribution in [3.05, 3.63) is 76.6 Å². The van der Waals surface area contributed by atoms with Gasteiger partial charge in [-0.1, -0.05) is 48.9 Å². The summed E-state index contributed by atoms with van der Waals surface area (Å²) < 4.78 is 11.5. The predicted octanol–water partition coefficient (Wildman–Crippen LogP) is 5.01. The van der Waals surface area contributed by atoms with Gasteiger partial charge in [-0.2, -0.15) is 0 Å². The first-order valence-corrected chi connectivity index (χ1v) is 12.4. The Morgan fingerprint density at radius 2 is 1.76 bits per heavy atom. The number of nitrogens with zero attached hydrogens (tertiary/aromatic N) is 1. The normalized spacial score (nSPS) is 28.5. The molecular weight excluding hydrogens is 450 g/mol. The third-order valence-corrected chi connectivity index (χ3v) is 8.11. The van der Waals surface area contributed by atoms with Gasteiger partial charge >= 0.3 is 0 Å². The van der Waals surface area contributed by atoms with Gasteiger partial charge < -0.3 is 14.4 Å². The van der Waals surface area contributed by atoms with Crippen LogP contribution in [0, 0.1) is 18.8 Å². The van der Waals surface area contributed by atoms with Crippen molar-refractivity contribution in [1.29, 1.82) is 0 Å². The maximum absolute atomic E-state index is 13.8. The van der Waals surface area contributed by atoms with Gasteiger partial charge in [0.25, 0.3) is 5.91 Å².